The van der Waals surface area contributed by atoms with E-state index in [0.29, 0.717) is 6.42 Å². The van der Waals surface area contributed by atoms with E-state index in [4.69, 9.17) is 11.1 Å². The van der Waals surface area contributed by atoms with Gasteiger partial charge in [-0.2, -0.15) is 0 Å². The Balaban J connectivity index is 3.69. The molecule has 0 atom stereocenters. The van der Waals surface area contributed by atoms with Crippen molar-refractivity contribution in [1.82, 2.24) is 4.72 Å². The van der Waals surface area contributed by atoms with Gasteiger partial charge >= 0.3 is 0 Å². The number of sulfonamides is 1. The Morgan fingerprint density at radius 1 is 1.58 bits per heavy atom. The molecule has 5 nitrogen and oxygen atoms in total. The summed E-state index contributed by atoms with van der Waals surface area (Å²) in [5.41, 5.74) is 5.04. The first kappa shape index (κ1) is 11.4. The fraction of sp³-hybridized carbons (Fsp3) is 0.833. The fourth-order valence-electron chi connectivity index (χ4n) is 0.682. The van der Waals surface area contributed by atoms with Crippen molar-refractivity contribution in [1.29, 1.82) is 5.41 Å². The molecule has 0 aliphatic rings. The second-order valence-corrected chi connectivity index (χ2v) is 4.41. The highest BCUT2D eigenvalue weighted by atomic mass is 32.2. The predicted molar refractivity (Wildman–Crippen MR) is 48.6 cm³/mol. The van der Waals surface area contributed by atoms with Crippen LogP contribution < -0.4 is 10.5 Å². The van der Waals surface area contributed by atoms with E-state index in [9.17, 15) is 8.42 Å². The van der Waals surface area contributed by atoms with Gasteiger partial charge in [-0.25, -0.2) is 13.1 Å². The maximum atomic E-state index is 11.0. The van der Waals surface area contributed by atoms with Gasteiger partial charge in [-0.15, -0.1) is 0 Å². The largest absolute Gasteiger partial charge is 0.388 e. The molecule has 0 unspecified atom stereocenters. The Hall–Kier alpha value is -0.620. The first-order chi connectivity index (χ1) is 5.48. The molecule has 4 N–H and O–H groups in total. The van der Waals surface area contributed by atoms with E-state index in [-0.39, 0.29) is 24.6 Å². The van der Waals surface area contributed by atoms with E-state index < -0.39 is 10.0 Å². The molecule has 72 valence electrons. The second-order valence-electron chi connectivity index (χ2n) is 2.49. The Morgan fingerprint density at radius 2 is 2.17 bits per heavy atom. The van der Waals surface area contributed by atoms with Crippen molar-refractivity contribution in [3.8, 4) is 0 Å². The molecule has 0 aromatic rings. The molecule has 0 aliphatic heterocycles. The van der Waals surface area contributed by atoms with Crippen LogP contribution in [0.4, 0.5) is 0 Å². The molecule has 0 heterocycles. The van der Waals surface area contributed by atoms with Gasteiger partial charge in [0.05, 0.1) is 11.6 Å². The molecule has 0 aliphatic carbocycles. The van der Waals surface area contributed by atoms with Crippen molar-refractivity contribution >= 4 is 15.9 Å². The average molecular weight is 193 g/mol. The molecule has 0 bridgehead atoms. The van der Waals surface area contributed by atoms with Crippen LogP contribution in [0.5, 0.6) is 0 Å². The molecule has 0 saturated carbocycles. The number of amidine groups is 1. The van der Waals surface area contributed by atoms with Crippen LogP contribution in [0.3, 0.4) is 0 Å². The number of nitrogens with two attached hydrogens (primary N) is 1. The Kier molecular flexibility index (Phi) is 4.84. The molecule has 0 rings (SSSR count). The van der Waals surface area contributed by atoms with Gasteiger partial charge in [-0.3, -0.25) is 5.41 Å². The topological polar surface area (TPSA) is 96.0 Å². The summed E-state index contributed by atoms with van der Waals surface area (Å²) in [6, 6.07) is 0. The fourth-order valence-corrected chi connectivity index (χ4v) is 1.78. The Morgan fingerprint density at radius 3 is 2.58 bits per heavy atom. The maximum Gasteiger partial charge on any atom is 0.211 e. The third-order valence-electron chi connectivity index (χ3n) is 1.19. The van der Waals surface area contributed by atoms with Crippen molar-refractivity contribution in [2.75, 3.05) is 12.3 Å². The number of rotatable bonds is 6. The average Bonchev–Trinajstić information content (AvgIpc) is 1.85. The smallest absolute Gasteiger partial charge is 0.211 e. The lowest BCUT2D eigenvalue weighted by atomic mass is 10.4. The zero-order valence-electron chi connectivity index (χ0n) is 7.13. The molecule has 12 heavy (non-hydrogen) atoms. The standard InChI is InChI=1S/C6H15N3O2S/c1-2-5-12(10,11)9-4-3-6(7)8/h9H,2-5H2,1H3,(H3,7,8). The van der Waals surface area contributed by atoms with E-state index in [1.807, 2.05) is 0 Å². The summed E-state index contributed by atoms with van der Waals surface area (Å²) < 4.78 is 24.3. The highest BCUT2D eigenvalue weighted by Crippen LogP contribution is 1.88. The monoisotopic (exact) mass is 193 g/mol. The molecular formula is C6H15N3O2S. The maximum absolute atomic E-state index is 11.0. The van der Waals surface area contributed by atoms with Crippen LogP contribution in [0.1, 0.15) is 19.8 Å². The van der Waals surface area contributed by atoms with Crippen molar-refractivity contribution in [3.05, 3.63) is 0 Å². The molecule has 6 heteroatoms. The van der Waals surface area contributed by atoms with E-state index in [2.05, 4.69) is 4.72 Å². The second kappa shape index (κ2) is 5.10. The van der Waals surface area contributed by atoms with Gasteiger partial charge in [0.2, 0.25) is 10.0 Å². The lowest BCUT2D eigenvalue weighted by Gasteiger charge is -2.03. The van der Waals surface area contributed by atoms with Crippen LogP contribution in [-0.4, -0.2) is 26.6 Å². The first-order valence-electron chi connectivity index (χ1n) is 3.78. The summed E-state index contributed by atoms with van der Waals surface area (Å²) in [4.78, 5) is 0. The van der Waals surface area contributed by atoms with Crippen LogP contribution in [-0.2, 0) is 10.0 Å². The van der Waals surface area contributed by atoms with Crippen LogP contribution >= 0.6 is 0 Å². The Bertz CT molecular complexity index is 235. The number of nitrogens with one attached hydrogen (secondary N) is 2. The zero-order valence-corrected chi connectivity index (χ0v) is 7.95. The van der Waals surface area contributed by atoms with Crippen LogP contribution in [0.25, 0.3) is 0 Å². The van der Waals surface area contributed by atoms with Crippen molar-refractivity contribution in [2.45, 2.75) is 19.8 Å². The summed E-state index contributed by atoms with van der Waals surface area (Å²) in [7, 11) is -3.13. The summed E-state index contributed by atoms with van der Waals surface area (Å²) in [6.07, 6.45) is 0.859. The number of hydrogen-bond acceptors (Lipinski definition) is 3. The van der Waals surface area contributed by atoms with Crippen molar-refractivity contribution < 1.29 is 8.42 Å². The van der Waals surface area contributed by atoms with E-state index in [1.54, 1.807) is 6.92 Å². The summed E-state index contributed by atoms with van der Waals surface area (Å²) in [6.45, 7) is 2.02. The van der Waals surface area contributed by atoms with Gasteiger partial charge in [0, 0.05) is 13.0 Å². The molecular weight excluding hydrogens is 178 g/mol. The third-order valence-corrected chi connectivity index (χ3v) is 2.78. The van der Waals surface area contributed by atoms with Crippen LogP contribution in [0, 0.1) is 5.41 Å². The van der Waals surface area contributed by atoms with Crippen LogP contribution in [0.15, 0.2) is 0 Å². The van der Waals surface area contributed by atoms with Gasteiger partial charge in [-0.1, -0.05) is 6.92 Å². The Labute approximate surface area is 72.9 Å². The quantitative estimate of drug-likeness (QED) is 0.397. The van der Waals surface area contributed by atoms with Gasteiger partial charge in [0.25, 0.3) is 0 Å². The minimum Gasteiger partial charge on any atom is -0.388 e. The minimum absolute atomic E-state index is 0.00537. The third kappa shape index (κ3) is 6.11. The molecule has 0 spiro atoms. The van der Waals surface area contributed by atoms with E-state index in [1.165, 1.54) is 0 Å². The summed E-state index contributed by atoms with van der Waals surface area (Å²) in [5.74, 6) is 0.124. The van der Waals surface area contributed by atoms with Gasteiger partial charge in [0.15, 0.2) is 0 Å². The van der Waals surface area contributed by atoms with E-state index in [0.717, 1.165) is 0 Å². The van der Waals surface area contributed by atoms with Crippen molar-refractivity contribution in [2.24, 2.45) is 5.73 Å². The molecule has 0 aromatic carbocycles. The van der Waals surface area contributed by atoms with Gasteiger partial charge in [-0.05, 0) is 6.42 Å². The lowest BCUT2D eigenvalue weighted by Crippen LogP contribution is -2.29. The van der Waals surface area contributed by atoms with Crippen LogP contribution in [0.2, 0.25) is 0 Å². The predicted octanol–water partition coefficient (Wildman–Crippen LogP) is -0.358. The lowest BCUT2D eigenvalue weighted by molar-refractivity contribution is 0.581. The van der Waals surface area contributed by atoms with Gasteiger partial charge < -0.3 is 5.73 Å². The van der Waals surface area contributed by atoms with E-state index >= 15 is 0 Å². The first-order valence-corrected chi connectivity index (χ1v) is 5.43. The molecule has 0 amide bonds. The van der Waals surface area contributed by atoms with Gasteiger partial charge in [0.1, 0.15) is 0 Å². The van der Waals surface area contributed by atoms with Crippen molar-refractivity contribution in [3.63, 3.8) is 0 Å². The molecule has 0 fully saturated rings. The molecule has 0 radical (unpaired) electrons. The SMILES string of the molecule is CCCS(=O)(=O)NCCC(=N)N. The summed E-state index contributed by atoms with van der Waals surface area (Å²) >= 11 is 0. The molecule has 0 saturated heterocycles. The minimum atomic E-state index is -3.13. The highest BCUT2D eigenvalue weighted by molar-refractivity contribution is 7.89. The molecule has 0 aromatic heterocycles. The summed E-state index contributed by atoms with van der Waals surface area (Å²) in [5, 5.41) is 6.85. The number of hydrogen-bond donors (Lipinski definition) is 3. The zero-order chi connectivity index (χ0) is 9.61. The highest BCUT2D eigenvalue weighted by Gasteiger charge is 2.06. The normalized spacial score (nSPS) is 11.4.